The Morgan fingerprint density at radius 3 is 2.17 bits per heavy atom. The van der Waals surface area contributed by atoms with E-state index in [1.807, 2.05) is 36.9 Å². The maximum Gasteiger partial charge on any atom is 0.251 e. The predicted molar refractivity (Wildman–Crippen MR) is 117 cm³/mol. The lowest BCUT2D eigenvalue weighted by atomic mass is 10.0. The number of amides is 2. The third kappa shape index (κ3) is 4.78. The summed E-state index contributed by atoms with van der Waals surface area (Å²) in [4.78, 5) is 30.0. The first-order valence-corrected chi connectivity index (χ1v) is 10.3. The second kappa shape index (κ2) is 9.12. The highest BCUT2D eigenvalue weighted by atomic mass is 16.2. The lowest BCUT2D eigenvalue weighted by Gasteiger charge is -2.39. The van der Waals surface area contributed by atoms with E-state index in [1.165, 1.54) is 16.8 Å². The molecule has 1 aliphatic heterocycles. The number of piperazine rings is 1. The van der Waals surface area contributed by atoms with E-state index in [9.17, 15) is 9.59 Å². The molecule has 0 bridgehead atoms. The SMILES string of the molecule is Cc1cccc(N2CCN(C(=O)[C@@H](NC(=O)c3ccccc3)C(C)C)CC2)c1C. The van der Waals surface area contributed by atoms with Crippen molar-refractivity contribution in [1.82, 2.24) is 10.2 Å². The standard InChI is InChI=1S/C24H31N3O2/c1-17(2)22(25-23(28)20-10-6-5-7-11-20)24(29)27-15-13-26(14-16-27)21-12-8-9-18(3)19(21)4/h5-12,17,22H,13-16H2,1-4H3,(H,25,28)/t22-/m0/s1. The summed E-state index contributed by atoms with van der Waals surface area (Å²) in [7, 11) is 0. The summed E-state index contributed by atoms with van der Waals surface area (Å²) in [6.07, 6.45) is 0. The quantitative estimate of drug-likeness (QED) is 0.847. The summed E-state index contributed by atoms with van der Waals surface area (Å²) >= 11 is 0. The number of carbonyl (C=O) groups excluding carboxylic acids is 2. The molecule has 2 aromatic carbocycles. The van der Waals surface area contributed by atoms with Crippen molar-refractivity contribution >= 4 is 17.5 Å². The van der Waals surface area contributed by atoms with Gasteiger partial charge in [-0.15, -0.1) is 0 Å². The number of carbonyl (C=O) groups is 2. The Hall–Kier alpha value is -2.82. The van der Waals surface area contributed by atoms with Crippen molar-refractivity contribution in [1.29, 1.82) is 0 Å². The summed E-state index contributed by atoms with van der Waals surface area (Å²) in [6.45, 7) is 11.1. The molecule has 0 radical (unpaired) electrons. The summed E-state index contributed by atoms with van der Waals surface area (Å²) in [5.74, 6) is -0.177. The first kappa shape index (κ1) is 20.9. The molecular formula is C24H31N3O2. The van der Waals surface area contributed by atoms with Crippen LogP contribution < -0.4 is 10.2 Å². The van der Waals surface area contributed by atoms with Gasteiger partial charge in [0.1, 0.15) is 6.04 Å². The molecule has 1 aliphatic rings. The molecule has 0 spiro atoms. The Morgan fingerprint density at radius 2 is 1.55 bits per heavy atom. The highest BCUT2D eigenvalue weighted by Gasteiger charge is 2.31. The topological polar surface area (TPSA) is 52.6 Å². The van der Waals surface area contributed by atoms with Crippen molar-refractivity contribution in [2.24, 2.45) is 5.92 Å². The van der Waals surface area contributed by atoms with Crippen molar-refractivity contribution in [2.75, 3.05) is 31.1 Å². The minimum Gasteiger partial charge on any atom is -0.368 e. The average molecular weight is 394 g/mol. The zero-order chi connectivity index (χ0) is 21.0. The van der Waals surface area contributed by atoms with Gasteiger partial charge in [0.15, 0.2) is 0 Å². The summed E-state index contributed by atoms with van der Waals surface area (Å²) in [6, 6.07) is 14.9. The second-order valence-electron chi connectivity index (χ2n) is 8.09. The number of benzene rings is 2. The van der Waals surface area contributed by atoms with Gasteiger partial charge in [0.05, 0.1) is 0 Å². The van der Waals surface area contributed by atoms with Crippen molar-refractivity contribution in [3.05, 3.63) is 65.2 Å². The van der Waals surface area contributed by atoms with Gasteiger partial charge in [0.25, 0.3) is 5.91 Å². The fourth-order valence-electron chi connectivity index (χ4n) is 3.77. The number of nitrogens with zero attached hydrogens (tertiary/aromatic N) is 2. The van der Waals surface area contributed by atoms with Crippen molar-refractivity contribution < 1.29 is 9.59 Å². The third-order valence-electron chi connectivity index (χ3n) is 5.76. The van der Waals surface area contributed by atoms with Gasteiger partial charge in [-0.25, -0.2) is 0 Å². The van der Waals surface area contributed by atoms with E-state index in [0.29, 0.717) is 18.7 Å². The maximum atomic E-state index is 13.2. The first-order chi connectivity index (χ1) is 13.9. The van der Waals surface area contributed by atoms with Crippen LogP contribution in [0.25, 0.3) is 0 Å². The molecule has 2 aromatic rings. The van der Waals surface area contributed by atoms with Crippen LogP contribution in [0.15, 0.2) is 48.5 Å². The molecule has 2 amide bonds. The second-order valence-corrected chi connectivity index (χ2v) is 8.09. The fraction of sp³-hybridized carbons (Fsp3) is 0.417. The van der Waals surface area contributed by atoms with E-state index in [0.717, 1.165) is 13.1 Å². The molecule has 154 valence electrons. The van der Waals surface area contributed by atoms with E-state index < -0.39 is 6.04 Å². The summed E-state index contributed by atoms with van der Waals surface area (Å²) in [5, 5.41) is 2.95. The number of hydrogen-bond donors (Lipinski definition) is 1. The number of aryl methyl sites for hydroxylation is 1. The van der Waals surface area contributed by atoms with E-state index in [1.54, 1.807) is 12.1 Å². The van der Waals surface area contributed by atoms with Gasteiger partial charge >= 0.3 is 0 Å². The predicted octanol–water partition coefficient (Wildman–Crippen LogP) is 3.41. The Morgan fingerprint density at radius 1 is 0.897 bits per heavy atom. The zero-order valence-corrected chi connectivity index (χ0v) is 17.8. The van der Waals surface area contributed by atoms with Crippen LogP contribution in [0.4, 0.5) is 5.69 Å². The lowest BCUT2D eigenvalue weighted by molar-refractivity contribution is -0.134. The maximum absolute atomic E-state index is 13.2. The molecule has 0 unspecified atom stereocenters. The van der Waals surface area contributed by atoms with Crippen LogP contribution in [-0.2, 0) is 4.79 Å². The monoisotopic (exact) mass is 393 g/mol. The van der Waals surface area contributed by atoms with Gasteiger partial charge in [-0.05, 0) is 49.1 Å². The van der Waals surface area contributed by atoms with Crippen LogP contribution in [0.3, 0.4) is 0 Å². The van der Waals surface area contributed by atoms with E-state index >= 15 is 0 Å². The molecule has 5 heteroatoms. The van der Waals surface area contributed by atoms with E-state index in [4.69, 9.17) is 0 Å². The molecule has 1 heterocycles. The molecule has 29 heavy (non-hydrogen) atoms. The molecule has 1 atom stereocenters. The Bertz CT molecular complexity index is 856. The van der Waals surface area contributed by atoms with Crippen LogP contribution in [0.5, 0.6) is 0 Å². The van der Waals surface area contributed by atoms with Crippen molar-refractivity contribution in [2.45, 2.75) is 33.7 Å². The molecule has 0 saturated carbocycles. The van der Waals surface area contributed by atoms with Gasteiger partial charge in [0, 0.05) is 37.4 Å². The Balaban J connectivity index is 1.64. The molecule has 1 fully saturated rings. The number of hydrogen-bond acceptors (Lipinski definition) is 3. The van der Waals surface area contributed by atoms with Crippen molar-refractivity contribution in [3.63, 3.8) is 0 Å². The van der Waals surface area contributed by atoms with E-state index in [2.05, 4.69) is 42.3 Å². The molecule has 3 rings (SSSR count). The molecule has 5 nitrogen and oxygen atoms in total. The molecule has 1 N–H and O–H groups in total. The normalized spacial score (nSPS) is 15.3. The summed E-state index contributed by atoms with van der Waals surface area (Å²) < 4.78 is 0. The van der Waals surface area contributed by atoms with Gasteiger partial charge in [-0.1, -0.05) is 44.2 Å². The van der Waals surface area contributed by atoms with E-state index in [-0.39, 0.29) is 17.7 Å². The van der Waals surface area contributed by atoms with Crippen LogP contribution in [0.2, 0.25) is 0 Å². The third-order valence-corrected chi connectivity index (χ3v) is 5.76. The minimum absolute atomic E-state index is 0.00453. The number of anilines is 1. The lowest BCUT2D eigenvalue weighted by Crippen LogP contribution is -2.56. The molecule has 0 aliphatic carbocycles. The molecular weight excluding hydrogens is 362 g/mol. The van der Waals surface area contributed by atoms with Gasteiger partial charge < -0.3 is 15.1 Å². The Kier molecular flexibility index (Phi) is 6.57. The number of rotatable bonds is 5. The number of nitrogens with one attached hydrogen (secondary N) is 1. The zero-order valence-electron chi connectivity index (χ0n) is 17.8. The highest BCUT2D eigenvalue weighted by molar-refractivity contribution is 5.97. The van der Waals surface area contributed by atoms with Crippen LogP contribution in [-0.4, -0.2) is 48.9 Å². The Labute approximate surface area is 173 Å². The summed E-state index contributed by atoms with van der Waals surface area (Å²) in [5.41, 5.74) is 4.40. The van der Waals surface area contributed by atoms with Crippen molar-refractivity contribution in [3.8, 4) is 0 Å². The first-order valence-electron chi connectivity index (χ1n) is 10.3. The molecule has 0 aromatic heterocycles. The largest absolute Gasteiger partial charge is 0.368 e. The highest BCUT2D eigenvalue weighted by Crippen LogP contribution is 2.24. The van der Waals surface area contributed by atoms with Crippen LogP contribution in [0.1, 0.15) is 35.3 Å². The minimum atomic E-state index is -0.519. The fourth-order valence-corrected chi connectivity index (χ4v) is 3.77. The molecule has 1 saturated heterocycles. The average Bonchev–Trinajstić information content (AvgIpc) is 2.74. The van der Waals surface area contributed by atoms with Crippen LogP contribution >= 0.6 is 0 Å². The smallest absolute Gasteiger partial charge is 0.251 e. The van der Waals surface area contributed by atoms with Gasteiger partial charge in [-0.2, -0.15) is 0 Å². The van der Waals surface area contributed by atoms with Crippen LogP contribution in [0, 0.1) is 19.8 Å². The van der Waals surface area contributed by atoms with Gasteiger partial charge in [0.2, 0.25) is 5.91 Å². The van der Waals surface area contributed by atoms with Gasteiger partial charge in [-0.3, -0.25) is 9.59 Å².